The molecule has 17 heavy (non-hydrogen) atoms. The molecular formula is C13H17NO3. The maximum Gasteiger partial charge on any atom is 0.316 e. The molecule has 92 valence electrons. The molecule has 1 aromatic carbocycles. The molecular weight excluding hydrogens is 218 g/mol. The fraction of sp³-hybridized carbons (Fsp3) is 0.385. The van der Waals surface area contributed by atoms with Crippen LogP contribution >= 0.6 is 0 Å². The van der Waals surface area contributed by atoms with Crippen molar-refractivity contribution in [2.75, 3.05) is 7.11 Å². The average molecular weight is 235 g/mol. The van der Waals surface area contributed by atoms with Gasteiger partial charge in [-0.15, -0.1) is 0 Å². The highest BCUT2D eigenvalue weighted by Gasteiger charge is 2.21. The van der Waals surface area contributed by atoms with Gasteiger partial charge in [0.1, 0.15) is 5.92 Å². The van der Waals surface area contributed by atoms with Crippen molar-refractivity contribution < 1.29 is 14.6 Å². The Morgan fingerprint density at radius 1 is 1.47 bits per heavy atom. The number of carbonyl (C=O) groups is 1. The number of carbonyl (C=O) groups excluding carboxylic acids is 1. The van der Waals surface area contributed by atoms with Crippen LogP contribution < -0.4 is 0 Å². The monoisotopic (exact) mass is 235 g/mol. The molecule has 0 radical (unpaired) electrons. The van der Waals surface area contributed by atoms with E-state index in [1.807, 2.05) is 30.3 Å². The van der Waals surface area contributed by atoms with Gasteiger partial charge in [-0.05, 0) is 12.5 Å². The summed E-state index contributed by atoms with van der Waals surface area (Å²) in [7, 11) is 1.29. The molecule has 4 nitrogen and oxygen atoms in total. The maximum absolute atomic E-state index is 11.3. The lowest BCUT2D eigenvalue weighted by Crippen LogP contribution is -2.28. The van der Waals surface area contributed by atoms with Crippen LogP contribution in [0.15, 0.2) is 35.3 Å². The number of esters is 1. The van der Waals surface area contributed by atoms with Gasteiger partial charge in [0, 0.05) is 6.21 Å². The average Bonchev–Trinajstić information content (AvgIpc) is 2.34. The molecule has 1 rings (SSSR count). The lowest BCUT2D eigenvalue weighted by Gasteiger charge is -2.12. The lowest BCUT2D eigenvalue weighted by molar-refractivity contribution is -0.145. The van der Waals surface area contributed by atoms with Crippen LogP contribution in [0.4, 0.5) is 0 Å². The van der Waals surface area contributed by atoms with Gasteiger partial charge in [0.2, 0.25) is 0 Å². The van der Waals surface area contributed by atoms with Crippen molar-refractivity contribution in [2.45, 2.75) is 19.6 Å². The third kappa shape index (κ3) is 4.36. The summed E-state index contributed by atoms with van der Waals surface area (Å²) in [5.41, 5.74) is 1.05. The summed E-state index contributed by atoms with van der Waals surface area (Å²) in [6, 6.07) is 9.69. The van der Waals surface area contributed by atoms with Gasteiger partial charge < -0.3 is 9.84 Å². The smallest absolute Gasteiger partial charge is 0.316 e. The van der Waals surface area contributed by atoms with E-state index >= 15 is 0 Å². The molecule has 0 amide bonds. The number of hydrogen-bond donors (Lipinski definition) is 1. The fourth-order valence-electron chi connectivity index (χ4n) is 1.37. The third-order valence-electron chi connectivity index (χ3n) is 2.38. The predicted octanol–water partition coefficient (Wildman–Crippen LogP) is 1.43. The number of benzene rings is 1. The number of nitrogens with zero attached hydrogens (tertiary/aromatic N) is 1. The molecule has 0 heterocycles. The van der Waals surface area contributed by atoms with E-state index in [-0.39, 0.29) is 0 Å². The number of aliphatic imine (C=N–C) groups is 1. The van der Waals surface area contributed by atoms with Crippen LogP contribution in [0.2, 0.25) is 0 Å². The van der Waals surface area contributed by atoms with E-state index in [9.17, 15) is 9.90 Å². The van der Waals surface area contributed by atoms with Gasteiger partial charge in [-0.25, -0.2) is 0 Å². The number of ether oxygens (including phenoxy) is 1. The summed E-state index contributed by atoms with van der Waals surface area (Å²) in [5.74, 6) is -1.18. The van der Waals surface area contributed by atoms with E-state index < -0.39 is 18.0 Å². The molecule has 0 aliphatic rings. The molecule has 0 fully saturated rings. The molecule has 4 heteroatoms. The molecule has 0 aliphatic heterocycles. The Hall–Kier alpha value is -1.68. The summed E-state index contributed by atoms with van der Waals surface area (Å²) in [6.07, 6.45) is 0.644. The molecule has 2 atom stereocenters. The van der Waals surface area contributed by atoms with Gasteiger partial charge in [-0.1, -0.05) is 30.3 Å². The Labute approximate surface area is 101 Å². The lowest BCUT2D eigenvalue weighted by atomic mass is 10.1. The third-order valence-corrected chi connectivity index (χ3v) is 2.38. The SMILES string of the molecule is COC(=O)[C@H](C=NCc1ccccc1)[C@@H](C)O. The number of aliphatic hydroxyl groups excluding tert-OH is 1. The molecule has 0 spiro atoms. The van der Waals surface area contributed by atoms with E-state index in [0.29, 0.717) is 6.54 Å². The summed E-state index contributed by atoms with van der Waals surface area (Å²) < 4.78 is 4.59. The first kappa shape index (κ1) is 13.4. The minimum absolute atomic E-state index is 0.475. The zero-order valence-electron chi connectivity index (χ0n) is 10.0. The summed E-state index contributed by atoms with van der Waals surface area (Å²) >= 11 is 0. The Kier molecular flexibility index (Phi) is 5.36. The van der Waals surface area contributed by atoms with Crippen LogP contribution in [0, 0.1) is 5.92 Å². The molecule has 1 aromatic rings. The summed E-state index contributed by atoms with van der Waals surface area (Å²) in [5, 5.41) is 9.42. The number of hydrogen-bond acceptors (Lipinski definition) is 4. The Balaban J connectivity index is 2.59. The molecule has 0 unspecified atom stereocenters. The maximum atomic E-state index is 11.3. The standard InChI is InChI=1S/C13H17NO3/c1-10(15)12(13(16)17-2)9-14-8-11-6-4-3-5-7-11/h3-7,9-10,12,15H,8H2,1-2H3/t10-,12-/m1/s1. The minimum atomic E-state index is -0.804. The van der Waals surface area contributed by atoms with E-state index in [1.165, 1.54) is 20.2 Å². The van der Waals surface area contributed by atoms with Gasteiger partial charge in [0.15, 0.2) is 0 Å². The first-order valence-corrected chi connectivity index (χ1v) is 5.45. The number of aliphatic hydroxyl groups is 1. The molecule has 0 saturated heterocycles. The van der Waals surface area contributed by atoms with Gasteiger partial charge in [0.25, 0.3) is 0 Å². The highest BCUT2D eigenvalue weighted by atomic mass is 16.5. The first-order chi connectivity index (χ1) is 8.15. The van der Waals surface area contributed by atoms with Crippen LogP contribution in [0.1, 0.15) is 12.5 Å². The molecule has 0 aliphatic carbocycles. The van der Waals surface area contributed by atoms with Crippen LogP contribution in [-0.2, 0) is 16.1 Å². The van der Waals surface area contributed by atoms with E-state index in [1.54, 1.807) is 0 Å². The van der Waals surface area contributed by atoms with Crippen molar-refractivity contribution in [3.63, 3.8) is 0 Å². The van der Waals surface area contributed by atoms with E-state index in [2.05, 4.69) is 9.73 Å². The topological polar surface area (TPSA) is 58.9 Å². The Morgan fingerprint density at radius 2 is 2.12 bits per heavy atom. The van der Waals surface area contributed by atoms with Gasteiger partial charge in [-0.2, -0.15) is 0 Å². The zero-order chi connectivity index (χ0) is 12.7. The highest BCUT2D eigenvalue weighted by Crippen LogP contribution is 2.05. The Morgan fingerprint density at radius 3 is 2.65 bits per heavy atom. The van der Waals surface area contributed by atoms with Crippen molar-refractivity contribution in [1.82, 2.24) is 0 Å². The molecule has 0 bridgehead atoms. The van der Waals surface area contributed by atoms with Gasteiger partial charge >= 0.3 is 5.97 Å². The van der Waals surface area contributed by atoms with Gasteiger partial charge in [0.05, 0.1) is 19.8 Å². The van der Waals surface area contributed by atoms with Gasteiger partial charge in [-0.3, -0.25) is 9.79 Å². The van der Waals surface area contributed by atoms with Crippen molar-refractivity contribution >= 4 is 12.2 Å². The zero-order valence-corrected chi connectivity index (χ0v) is 10.0. The van der Waals surface area contributed by atoms with E-state index in [0.717, 1.165) is 5.56 Å². The second kappa shape index (κ2) is 6.81. The summed E-state index contributed by atoms with van der Waals surface area (Å²) in [4.78, 5) is 15.5. The quantitative estimate of drug-likeness (QED) is 0.620. The van der Waals surface area contributed by atoms with Crippen LogP contribution in [0.3, 0.4) is 0 Å². The van der Waals surface area contributed by atoms with E-state index in [4.69, 9.17) is 0 Å². The van der Waals surface area contributed by atoms with Crippen molar-refractivity contribution in [2.24, 2.45) is 10.9 Å². The number of rotatable bonds is 5. The number of methoxy groups -OCH3 is 1. The Bertz CT molecular complexity index is 374. The van der Waals surface area contributed by atoms with Crippen molar-refractivity contribution in [3.8, 4) is 0 Å². The summed E-state index contributed by atoms with van der Waals surface area (Å²) in [6.45, 7) is 2.02. The predicted molar refractivity (Wildman–Crippen MR) is 65.8 cm³/mol. The van der Waals surface area contributed by atoms with Crippen LogP contribution in [0.25, 0.3) is 0 Å². The second-order valence-electron chi connectivity index (χ2n) is 3.76. The first-order valence-electron chi connectivity index (χ1n) is 5.45. The largest absolute Gasteiger partial charge is 0.468 e. The van der Waals surface area contributed by atoms with Crippen molar-refractivity contribution in [1.29, 1.82) is 0 Å². The molecule has 0 saturated carbocycles. The second-order valence-corrected chi connectivity index (χ2v) is 3.76. The molecule has 1 N–H and O–H groups in total. The van der Waals surface area contributed by atoms with Crippen molar-refractivity contribution in [3.05, 3.63) is 35.9 Å². The normalized spacial score (nSPS) is 14.5. The van der Waals surface area contributed by atoms with Crippen LogP contribution in [0.5, 0.6) is 0 Å². The molecule has 0 aromatic heterocycles. The fourth-order valence-corrected chi connectivity index (χ4v) is 1.37. The highest BCUT2D eigenvalue weighted by molar-refractivity contribution is 5.90. The van der Waals surface area contributed by atoms with Crippen LogP contribution in [-0.4, -0.2) is 30.5 Å². The minimum Gasteiger partial charge on any atom is -0.468 e.